The molecule has 1 aromatic carbocycles. The third-order valence-corrected chi connectivity index (χ3v) is 5.68. The van der Waals surface area contributed by atoms with Crippen molar-refractivity contribution in [1.29, 1.82) is 0 Å². The SMILES string of the molecule is COc1ccccc1C1(CNC(=O)N2C[C@H](OC)[C@H](OC)C2)CCC1. The maximum Gasteiger partial charge on any atom is 0.317 e. The minimum absolute atomic E-state index is 0.0245. The Morgan fingerprint density at radius 3 is 2.32 bits per heavy atom. The number of para-hydroxylation sites is 1. The van der Waals surface area contributed by atoms with Gasteiger partial charge in [0.1, 0.15) is 18.0 Å². The van der Waals surface area contributed by atoms with Crippen LogP contribution < -0.4 is 10.1 Å². The largest absolute Gasteiger partial charge is 0.496 e. The average Bonchev–Trinajstić information content (AvgIpc) is 3.04. The molecule has 1 aromatic rings. The zero-order valence-corrected chi connectivity index (χ0v) is 15.3. The number of nitrogens with zero attached hydrogens (tertiary/aromatic N) is 1. The summed E-state index contributed by atoms with van der Waals surface area (Å²) in [6, 6.07) is 8.06. The van der Waals surface area contributed by atoms with Crippen molar-refractivity contribution in [3.05, 3.63) is 29.8 Å². The monoisotopic (exact) mass is 348 g/mol. The summed E-state index contributed by atoms with van der Waals surface area (Å²) in [7, 11) is 5.01. The van der Waals surface area contributed by atoms with Crippen LogP contribution in [0.4, 0.5) is 4.79 Å². The third kappa shape index (κ3) is 3.46. The van der Waals surface area contributed by atoms with E-state index in [1.165, 1.54) is 12.0 Å². The molecule has 2 aliphatic rings. The van der Waals surface area contributed by atoms with Crippen LogP contribution in [0.25, 0.3) is 0 Å². The molecule has 0 spiro atoms. The van der Waals surface area contributed by atoms with Gasteiger partial charge in [0.2, 0.25) is 0 Å². The molecule has 1 heterocycles. The highest BCUT2D eigenvalue weighted by atomic mass is 16.5. The quantitative estimate of drug-likeness (QED) is 0.856. The van der Waals surface area contributed by atoms with Crippen LogP contribution in [-0.4, -0.2) is 64.1 Å². The van der Waals surface area contributed by atoms with Crippen LogP contribution in [0.15, 0.2) is 24.3 Å². The number of methoxy groups -OCH3 is 3. The van der Waals surface area contributed by atoms with E-state index in [1.54, 1.807) is 26.2 Å². The van der Waals surface area contributed by atoms with Crippen LogP contribution in [0.2, 0.25) is 0 Å². The van der Waals surface area contributed by atoms with Gasteiger partial charge < -0.3 is 24.4 Å². The Hall–Kier alpha value is -1.79. The molecular formula is C19H28N2O4. The van der Waals surface area contributed by atoms with Crippen molar-refractivity contribution in [1.82, 2.24) is 10.2 Å². The summed E-state index contributed by atoms with van der Waals surface area (Å²) in [5.41, 5.74) is 1.17. The Morgan fingerprint density at radius 1 is 1.16 bits per heavy atom. The summed E-state index contributed by atoms with van der Waals surface area (Å²) in [6.07, 6.45) is 3.17. The van der Waals surface area contributed by atoms with E-state index in [2.05, 4.69) is 11.4 Å². The average molecular weight is 348 g/mol. The lowest BCUT2D eigenvalue weighted by atomic mass is 9.64. The number of hydrogen-bond acceptors (Lipinski definition) is 4. The van der Waals surface area contributed by atoms with Gasteiger partial charge in [-0.05, 0) is 18.9 Å². The molecule has 6 nitrogen and oxygen atoms in total. The van der Waals surface area contributed by atoms with Gasteiger partial charge in [-0.15, -0.1) is 0 Å². The standard InChI is InChI=1S/C19H28N2O4/c1-23-15-8-5-4-7-14(15)19(9-6-10-19)13-20-18(22)21-11-16(24-2)17(12-21)25-3/h4-5,7-8,16-17H,6,9-13H2,1-3H3,(H,20,22)/t16-,17+. The van der Waals surface area contributed by atoms with Crippen LogP contribution in [0, 0.1) is 0 Å². The zero-order valence-electron chi connectivity index (χ0n) is 15.3. The molecule has 0 radical (unpaired) electrons. The molecule has 1 aliphatic heterocycles. The van der Waals surface area contributed by atoms with Crippen molar-refractivity contribution in [3.63, 3.8) is 0 Å². The van der Waals surface area contributed by atoms with E-state index in [9.17, 15) is 4.79 Å². The van der Waals surface area contributed by atoms with Gasteiger partial charge in [0, 0.05) is 31.7 Å². The Morgan fingerprint density at radius 2 is 1.80 bits per heavy atom. The Bertz CT molecular complexity index is 591. The van der Waals surface area contributed by atoms with Crippen molar-refractivity contribution in [2.24, 2.45) is 0 Å². The first-order valence-electron chi connectivity index (χ1n) is 8.85. The first-order valence-corrected chi connectivity index (χ1v) is 8.85. The fraction of sp³-hybridized carbons (Fsp3) is 0.632. The van der Waals surface area contributed by atoms with Gasteiger partial charge in [0.25, 0.3) is 0 Å². The van der Waals surface area contributed by atoms with Crippen molar-refractivity contribution < 1.29 is 19.0 Å². The maximum absolute atomic E-state index is 12.6. The summed E-state index contributed by atoms with van der Waals surface area (Å²) in [5, 5.41) is 3.13. The van der Waals surface area contributed by atoms with Crippen LogP contribution in [0.1, 0.15) is 24.8 Å². The van der Waals surface area contributed by atoms with Crippen LogP contribution in [0.5, 0.6) is 5.75 Å². The molecule has 1 N–H and O–H groups in total. The minimum atomic E-state index is -0.0670. The van der Waals surface area contributed by atoms with Gasteiger partial charge in [0.05, 0.1) is 20.2 Å². The zero-order chi connectivity index (χ0) is 17.9. The molecule has 1 saturated heterocycles. The van der Waals surface area contributed by atoms with E-state index in [0.717, 1.165) is 18.6 Å². The highest BCUT2D eigenvalue weighted by Gasteiger charge is 2.42. The van der Waals surface area contributed by atoms with Gasteiger partial charge in [0.15, 0.2) is 0 Å². The molecule has 1 aliphatic carbocycles. The van der Waals surface area contributed by atoms with E-state index in [1.807, 2.05) is 18.2 Å². The second-order valence-electron chi connectivity index (χ2n) is 6.95. The number of nitrogens with one attached hydrogen (secondary N) is 1. The predicted molar refractivity (Wildman–Crippen MR) is 95.1 cm³/mol. The lowest BCUT2D eigenvalue weighted by Gasteiger charge is -2.43. The van der Waals surface area contributed by atoms with Gasteiger partial charge in [-0.2, -0.15) is 0 Å². The summed E-state index contributed by atoms with van der Waals surface area (Å²) < 4.78 is 16.4. The van der Waals surface area contributed by atoms with Gasteiger partial charge in [-0.1, -0.05) is 24.6 Å². The predicted octanol–water partition coefficient (Wildman–Crippen LogP) is 2.17. The highest BCUT2D eigenvalue weighted by Crippen LogP contribution is 2.46. The molecule has 2 amide bonds. The van der Waals surface area contributed by atoms with Crippen LogP contribution in [0.3, 0.4) is 0 Å². The summed E-state index contributed by atoms with van der Waals surface area (Å²) in [5.74, 6) is 0.900. The van der Waals surface area contributed by atoms with E-state index in [-0.39, 0.29) is 23.7 Å². The number of urea groups is 1. The number of likely N-dealkylation sites (tertiary alicyclic amines) is 1. The van der Waals surface area contributed by atoms with E-state index in [4.69, 9.17) is 14.2 Å². The minimum Gasteiger partial charge on any atom is -0.496 e. The van der Waals surface area contributed by atoms with Crippen molar-refractivity contribution in [2.75, 3.05) is 41.0 Å². The highest BCUT2D eigenvalue weighted by molar-refractivity contribution is 5.75. The van der Waals surface area contributed by atoms with Crippen molar-refractivity contribution in [2.45, 2.75) is 36.9 Å². The summed E-state index contributed by atoms with van der Waals surface area (Å²) >= 11 is 0. The summed E-state index contributed by atoms with van der Waals surface area (Å²) in [4.78, 5) is 14.4. The third-order valence-electron chi connectivity index (χ3n) is 5.68. The second kappa shape index (κ2) is 7.62. The first kappa shape index (κ1) is 18.0. The Kier molecular flexibility index (Phi) is 5.49. The van der Waals surface area contributed by atoms with Crippen molar-refractivity contribution >= 4 is 6.03 Å². The maximum atomic E-state index is 12.6. The van der Waals surface area contributed by atoms with E-state index >= 15 is 0 Å². The number of ether oxygens (including phenoxy) is 3. The molecule has 6 heteroatoms. The molecule has 0 unspecified atom stereocenters. The lowest BCUT2D eigenvalue weighted by Crippen LogP contribution is -2.49. The number of rotatable bonds is 6. The molecule has 0 bridgehead atoms. The van der Waals surface area contributed by atoms with Gasteiger partial charge in [-0.25, -0.2) is 4.79 Å². The Labute approximate surface area is 149 Å². The molecule has 2 fully saturated rings. The first-order chi connectivity index (χ1) is 12.1. The number of hydrogen-bond donors (Lipinski definition) is 1. The molecule has 1 saturated carbocycles. The van der Waals surface area contributed by atoms with Crippen LogP contribution >= 0.6 is 0 Å². The van der Waals surface area contributed by atoms with Gasteiger partial charge >= 0.3 is 6.03 Å². The number of amides is 2. The number of carbonyl (C=O) groups is 1. The fourth-order valence-corrected chi connectivity index (χ4v) is 3.95. The smallest absolute Gasteiger partial charge is 0.317 e. The van der Waals surface area contributed by atoms with Gasteiger partial charge in [-0.3, -0.25) is 0 Å². The number of benzene rings is 1. The number of carbonyl (C=O) groups excluding carboxylic acids is 1. The topological polar surface area (TPSA) is 60.0 Å². The molecule has 25 heavy (non-hydrogen) atoms. The normalized spacial score (nSPS) is 24.7. The molecule has 138 valence electrons. The van der Waals surface area contributed by atoms with E-state index in [0.29, 0.717) is 19.6 Å². The molecular weight excluding hydrogens is 320 g/mol. The van der Waals surface area contributed by atoms with E-state index < -0.39 is 0 Å². The fourth-order valence-electron chi connectivity index (χ4n) is 3.95. The van der Waals surface area contributed by atoms with Crippen molar-refractivity contribution in [3.8, 4) is 5.75 Å². The second-order valence-corrected chi connectivity index (χ2v) is 6.95. The molecule has 0 aromatic heterocycles. The summed E-state index contributed by atoms with van der Waals surface area (Å²) in [6.45, 7) is 1.74. The molecule has 2 atom stereocenters. The lowest BCUT2D eigenvalue weighted by molar-refractivity contribution is -0.00461. The molecule has 3 rings (SSSR count). The van der Waals surface area contributed by atoms with Crippen LogP contribution in [-0.2, 0) is 14.9 Å². The Balaban J connectivity index is 1.65.